The Morgan fingerprint density at radius 1 is 1.38 bits per heavy atom. The van der Waals surface area contributed by atoms with Crippen LogP contribution in [0.2, 0.25) is 0 Å². The van der Waals surface area contributed by atoms with Crippen molar-refractivity contribution < 1.29 is 13.2 Å². The molecule has 7 heteroatoms. The van der Waals surface area contributed by atoms with E-state index in [4.69, 9.17) is 5.73 Å². The molecule has 1 heterocycles. The third-order valence-electron chi connectivity index (χ3n) is 3.91. The van der Waals surface area contributed by atoms with Crippen LogP contribution in [0.5, 0.6) is 0 Å². The predicted molar refractivity (Wildman–Crippen MR) is 85.5 cm³/mol. The van der Waals surface area contributed by atoms with Gasteiger partial charge in [0.2, 0.25) is 5.91 Å². The lowest BCUT2D eigenvalue weighted by Crippen LogP contribution is -2.56. The van der Waals surface area contributed by atoms with E-state index in [9.17, 15) is 13.2 Å². The van der Waals surface area contributed by atoms with Gasteiger partial charge in [-0.3, -0.25) is 4.79 Å². The molecule has 1 aromatic carbocycles. The van der Waals surface area contributed by atoms with Gasteiger partial charge in [0, 0.05) is 17.6 Å². The Kier molecular flexibility index (Phi) is 4.46. The molecular weight excluding hydrogens is 356 g/mol. The Balaban J connectivity index is 2.21. The normalized spacial score (nSPS) is 24.4. The average molecular weight is 375 g/mol. The minimum Gasteiger partial charge on any atom is -0.338 e. The molecule has 2 atom stereocenters. The minimum absolute atomic E-state index is 0.00365. The summed E-state index contributed by atoms with van der Waals surface area (Å²) in [7, 11) is -3.08. The monoisotopic (exact) mass is 374 g/mol. The number of nitrogens with zero attached hydrogens (tertiary/aromatic N) is 1. The molecule has 2 N–H and O–H groups in total. The molecule has 21 heavy (non-hydrogen) atoms. The molecule has 1 fully saturated rings. The molecule has 1 saturated heterocycles. The number of amides is 1. The lowest BCUT2D eigenvalue weighted by molar-refractivity contribution is -0.136. The van der Waals surface area contributed by atoms with Gasteiger partial charge in [-0.05, 0) is 31.5 Å². The number of rotatable bonds is 2. The summed E-state index contributed by atoms with van der Waals surface area (Å²) in [5.41, 5.74) is 5.76. The van der Waals surface area contributed by atoms with Gasteiger partial charge < -0.3 is 10.6 Å². The maximum absolute atomic E-state index is 12.7. The Labute approximate surface area is 133 Å². The van der Waals surface area contributed by atoms with Crippen molar-refractivity contribution in [1.29, 1.82) is 0 Å². The molecule has 116 valence electrons. The van der Waals surface area contributed by atoms with Gasteiger partial charge in [-0.1, -0.05) is 28.1 Å². The molecule has 0 saturated carbocycles. The number of carbonyl (C=O) groups is 1. The highest BCUT2D eigenvalue weighted by molar-refractivity contribution is 9.10. The second-order valence-electron chi connectivity index (χ2n) is 5.64. The highest BCUT2D eigenvalue weighted by Crippen LogP contribution is 2.24. The lowest BCUT2D eigenvalue weighted by atomic mass is 9.91. The standard InChI is InChI=1S/C14H19BrN2O3S/c1-10-9-17(7-8-21(10,19)20)13(18)14(2,16)11-3-5-12(15)6-4-11/h3-6,10H,7-9,16H2,1-2H3. The number of nitrogens with two attached hydrogens (primary N) is 1. The highest BCUT2D eigenvalue weighted by atomic mass is 79.9. The number of halogens is 1. The van der Waals surface area contributed by atoms with E-state index in [0.29, 0.717) is 5.56 Å². The van der Waals surface area contributed by atoms with Gasteiger partial charge in [-0.25, -0.2) is 8.42 Å². The first-order chi connectivity index (χ1) is 9.64. The Hall–Kier alpha value is -0.920. The summed E-state index contributed by atoms with van der Waals surface area (Å²) in [5.74, 6) is -0.248. The van der Waals surface area contributed by atoms with Gasteiger partial charge in [0.1, 0.15) is 5.54 Å². The fourth-order valence-electron chi connectivity index (χ4n) is 2.39. The van der Waals surface area contributed by atoms with Gasteiger partial charge in [-0.2, -0.15) is 0 Å². The van der Waals surface area contributed by atoms with Crippen LogP contribution in [0.3, 0.4) is 0 Å². The number of benzene rings is 1. The van der Waals surface area contributed by atoms with Crippen molar-refractivity contribution in [2.24, 2.45) is 5.73 Å². The Morgan fingerprint density at radius 2 is 1.95 bits per heavy atom. The van der Waals surface area contributed by atoms with Gasteiger partial charge in [0.05, 0.1) is 11.0 Å². The first-order valence-corrected chi connectivity index (χ1v) is 9.21. The maximum atomic E-state index is 12.7. The highest BCUT2D eigenvalue weighted by Gasteiger charge is 2.39. The summed E-state index contributed by atoms with van der Waals surface area (Å²) in [6.45, 7) is 3.69. The van der Waals surface area contributed by atoms with Crippen LogP contribution in [-0.4, -0.2) is 43.3 Å². The van der Waals surface area contributed by atoms with Crippen molar-refractivity contribution in [3.05, 3.63) is 34.3 Å². The molecule has 1 aliphatic rings. The van der Waals surface area contributed by atoms with Crippen LogP contribution < -0.4 is 5.73 Å². The number of carbonyl (C=O) groups excluding carboxylic acids is 1. The third kappa shape index (κ3) is 3.30. The Bertz CT molecular complexity index is 641. The molecule has 2 unspecified atom stereocenters. The molecule has 1 aromatic rings. The number of sulfone groups is 1. The fraction of sp³-hybridized carbons (Fsp3) is 0.500. The van der Waals surface area contributed by atoms with Crippen molar-refractivity contribution in [1.82, 2.24) is 4.90 Å². The van der Waals surface area contributed by atoms with E-state index < -0.39 is 20.6 Å². The van der Waals surface area contributed by atoms with Crippen LogP contribution in [0.1, 0.15) is 19.4 Å². The van der Waals surface area contributed by atoms with Crippen LogP contribution >= 0.6 is 15.9 Å². The molecule has 0 spiro atoms. The molecule has 0 aromatic heterocycles. The summed E-state index contributed by atoms with van der Waals surface area (Å²) in [6.07, 6.45) is 0. The predicted octanol–water partition coefficient (Wildman–Crippen LogP) is 1.27. The average Bonchev–Trinajstić information content (AvgIpc) is 2.41. The van der Waals surface area contributed by atoms with Crippen molar-refractivity contribution in [2.75, 3.05) is 18.8 Å². The van der Waals surface area contributed by atoms with Crippen LogP contribution in [0, 0.1) is 0 Å². The summed E-state index contributed by atoms with van der Waals surface area (Å²) >= 11 is 3.34. The molecule has 0 bridgehead atoms. The Morgan fingerprint density at radius 3 is 2.48 bits per heavy atom. The van der Waals surface area contributed by atoms with E-state index in [-0.39, 0.29) is 24.7 Å². The van der Waals surface area contributed by atoms with E-state index in [0.717, 1.165) is 4.47 Å². The zero-order chi connectivity index (χ0) is 15.8. The first kappa shape index (κ1) is 16.5. The minimum atomic E-state index is -3.08. The molecule has 2 rings (SSSR count). The first-order valence-electron chi connectivity index (χ1n) is 6.70. The molecule has 5 nitrogen and oxygen atoms in total. The van der Waals surface area contributed by atoms with Crippen molar-refractivity contribution in [3.63, 3.8) is 0 Å². The quantitative estimate of drug-likeness (QED) is 0.844. The zero-order valence-electron chi connectivity index (χ0n) is 12.0. The second kappa shape index (κ2) is 5.70. The third-order valence-corrected chi connectivity index (χ3v) is 6.57. The van der Waals surface area contributed by atoms with E-state index in [1.807, 2.05) is 12.1 Å². The van der Waals surface area contributed by atoms with Gasteiger partial charge in [-0.15, -0.1) is 0 Å². The summed E-state index contributed by atoms with van der Waals surface area (Å²) in [6, 6.07) is 7.26. The van der Waals surface area contributed by atoms with Gasteiger partial charge >= 0.3 is 0 Å². The fourth-order valence-corrected chi connectivity index (χ4v) is 3.93. The summed E-state index contributed by atoms with van der Waals surface area (Å²) in [4.78, 5) is 14.2. The van der Waals surface area contributed by atoms with E-state index in [1.54, 1.807) is 30.9 Å². The lowest BCUT2D eigenvalue weighted by Gasteiger charge is -2.36. The topological polar surface area (TPSA) is 80.5 Å². The zero-order valence-corrected chi connectivity index (χ0v) is 14.4. The van der Waals surface area contributed by atoms with E-state index in [1.165, 1.54) is 0 Å². The van der Waals surface area contributed by atoms with Crippen LogP contribution in [0.15, 0.2) is 28.7 Å². The molecule has 0 aliphatic carbocycles. The van der Waals surface area contributed by atoms with Gasteiger partial charge in [0.15, 0.2) is 9.84 Å². The number of hydrogen-bond acceptors (Lipinski definition) is 4. The van der Waals surface area contributed by atoms with Crippen molar-refractivity contribution in [2.45, 2.75) is 24.6 Å². The smallest absolute Gasteiger partial charge is 0.247 e. The number of hydrogen-bond donors (Lipinski definition) is 1. The molecule has 1 aliphatic heterocycles. The molecular formula is C14H19BrN2O3S. The van der Waals surface area contributed by atoms with Crippen LogP contribution in [0.25, 0.3) is 0 Å². The maximum Gasteiger partial charge on any atom is 0.247 e. The molecule has 0 radical (unpaired) electrons. The van der Waals surface area contributed by atoms with E-state index in [2.05, 4.69) is 15.9 Å². The second-order valence-corrected chi connectivity index (χ2v) is 9.09. The SMILES string of the molecule is CC1CN(C(=O)C(C)(N)c2ccc(Br)cc2)CCS1(=O)=O. The summed E-state index contributed by atoms with van der Waals surface area (Å²) < 4.78 is 24.4. The van der Waals surface area contributed by atoms with Gasteiger partial charge in [0.25, 0.3) is 0 Å². The largest absolute Gasteiger partial charge is 0.338 e. The van der Waals surface area contributed by atoms with Crippen LogP contribution in [0.4, 0.5) is 0 Å². The van der Waals surface area contributed by atoms with Crippen molar-refractivity contribution in [3.8, 4) is 0 Å². The van der Waals surface area contributed by atoms with Crippen molar-refractivity contribution >= 4 is 31.7 Å². The summed E-state index contributed by atoms with van der Waals surface area (Å²) in [5, 5.41) is -0.545. The van der Waals surface area contributed by atoms with E-state index >= 15 is 0 Å². The van der Waals surface area contributed by atoms with Crippen LogP contribution in [-0.2, 0) is 20.2 Å². The molecule has 1 amide bonds.